The van der Waals surface area contributed by atoms with E-state index in [2.05, 4.69) is 34.4 Å². The molecule has 162 valence electrons. The molecule has 2 aliphatic heterocycles. The molecule has 0 atom stereocenters. The molecule has 2 fully saturated rings. The molecule has 2 N–H and O–H groups in total. The summed E-state index contributed by atoms with van der Waals surface area (Å²) in [4.78, 5) is 8.76. The molecule has 3 rings (SSSR count). The molecule has 0 saturated carbocycles. The van der Waals surface area contributed by atoms with Gasteiger partial charge < -0.3 is 25.0 Å². The summed E-state index contributed by atoms with van der Waals surface area (Å²) in [5.41, 5.74) is 1.52. The van der Waals surface area contributed by atoms with Crippen molar-refractivity contribution in [3.63, 3.8) is 0 Å². The number of morpholine rings is 2. The maximum absolute atomic E-state index is 14.6. The number of nitrogens with one attached hydrogen (secondary N) is 2. The maximum atomic E-state index is 14.6. The average molecular weight is 408 g/mol. The molecule has 2 saturated heterocycles. The third kappa shape index (κ3) is 6.04. The first-order valence-electron chi connectivity index (χ1n) is 10.4. The minimum atomic E-state index is -0.192. The molecule has 0 aromatic heterocycles. The van der Waals surface area contributed by atoms with Crippen molar-refractivity contribution in [2.45, 2.75) is 25.9 Å². The van der Waals surface area contributed by atoms with Crippen LogP contribution in [0.5, 0.6) is 0 Å². The largest absolute Gasteiger partial charge is 0.379 e. The Hall–Kier alpha value is -1.90. The molecule has 7 nitrogen and oxygen atoms in total. The lowest BCUT2D eigenvalue weighted by Crippen LogP contribution is -2.56. The summed E-state index contributed by atoms with van der Waals surface area (Å²) in [6.07, 6.45) is 0. The second kappa shape index (κ2) is 10.2. The van der Waals surface area contributed by atoms with Crippen LogP contribution >= 0.6 is 0 Å². The highest BCUT2D eigenvalue weighted by Gasteiger charge is 2.28. The minimum absolute atomic E-state index is 0.00663. The molecule has 0 unspecified atom stereocenters. The first-order valence-corrected chi connectivity index (χ1v) is 10.4. The number of benzene rings is 1. The third-order valence-corrected chi connectivity index (χ3v) is 5.60. The van der Waals surface area contributed by atoms with Gasteiger partial charge in [-0.1, -0.05) is 6.07 Å². The van der Waals surface area contributed by atoms with E-state index in [0.717, 1.165) is 51.5 Å². The maximum Gasteiger partial charge on any atom is 0.191 e. The normalized spacial score (nSPS) is 19.3. The molecule has 8 heteroatoms. The highest BCUT2D eigenvalue weighted by atomic mass is 19.1. The van der Waals surface area contributed by atoms with Crippen molar-refractivity contribution in [1.29, 1.82) is 0 Å². The van der Waals surface area contributed by atoms with Crippen molar-refractivity contribution in [3.05, 3.63) is 29.6 Å². The zero-order valence-corrected chi connectivity index (χ0v) is 17.8. The van der Waals surface area contributed by atoms with Gasteiger partial charge in [0, 0.05) is 51.9 Å². The quantitative estimate of drug-likeness (QED) is 0.550. The predicted molar refractivity (Wildman–Crippen MR) is 114 cm³/mol. The van der Waals surface area contributed by atoms with Gasteiger partial charge >= 0.3 is 0 Å². The van der Waals surface area contributed by atoms with Gasteiger partial charge in [0.1, 0.15) is 5.82 Å². The third-order valence-electron chi connectivity index (χ3n) is 5.60. The zero-order chi connectivity index (χ0) is 20.7. The summed E-state index contributed by atoms with van der Waals surface area (Å²) in [6, 6.07) is 5.42. The van der Waals surface area contributed by atoms with Crippen molar-refractivity contribution in [1.82, 2.24) is 15.5 Å². The van der Waals surface area contributed by atoms with Crippen LogP contribution in [0.3, 0.4) is 0 Å². The Morgan fingerprint density at radius 3 is 2.34 bits per heavy atom. The molecule has 0 radical (unpaired) electrons. The van der Waals surface area contributed by atoms with Crippen LogP contribution < -0.4 is 15.5 Å². The van der Waals surface area contributed by atoms with Gasteiger partial charge in [-0.05, 0) is 31.5 Å². The highest BCUT2D eigenvalue weighted by Crippen LogP contribution is 2.21. The fraction of sp³-hybridized carbons (Fsp3) is 0.667. The number of aliphatic imine (C=N–C) groups is 1. The van der Waals surface area contributed by atoms with E-state index >= 15 is 0 Å². The summed E-state index contributed by atoms with van der Waals surface area (Å²) in [5.74, 6) is 0.520. The Bertz CT molecular complexity index is 686. The molecule has 2 heterocycles. The number of nitrogens with zero attached hydrogens (tertiary/aromatic N) is 3. The summed E-state index contributed by atoms with van der Waals surface area (Å²) in [5, 5.41) is 6.68. The van der Waals surface area contributed by atoms with Crippen molar-refractivity contribution in [2.75, 3.05) is 71.1 Å². The number of anilines is 1. The van der Waals surface area contributed by atoms with Crippen LogP contribution in [-0.4, -0.2) is 82.6 Å². The monoisotopic (exact) mass is 407 g/mol. The fourth-order valence-electron chi connectivity index (χ4n) is 3.71. The fourth-order valence-corrected chi connectivity index (χ4v) is 3.71. The predicted octanol–water partition coefficient (Wildman–Crippen LogP) is 1.44. The lowest BCUT2D eigenvalue weighted by Gasteiger charge is -2.41. The van der Waals surface area contributed by atoms with E-state index in [4.69, 9.17) is 9.47 Å². The van der Waals surface area contributed by atoms with Gasteiger partial charge in [0.15, 0.2) is 5.96 Å². The average Bonchev–Trinajstić information content (AvgIpc) is 2.75. The van der Waals surface area contributed by atoms with E-state index in [1.807, 2.05) is 17.0 Å². The Morgan fingerprint density at radius 2 is 1.72 bits per heavy atom. The lowest BCUT2D eigenvalue weighted by atomic mass is 10.0. The van der Waals surface area contributed by atoms with Gasteiger partial charge in [-0.2, -0.15) is 0 Å². The van der Waals surface area contributed by atoms with Crippen molar-refractivity contribution in [3.8, 4) is 0 Å². The van der Waals surface area contributed by atoms with E-state index in [1.54, 1.807) is 13.1 Å². The Balaban J connectivity index is 1.50. The summed E-state index contributed by atoms with van der Waals surface area (Å²) >= 11 is 0. The van der Waals surface area contributed by atoms with Crippen molar-refractivity contribution in [2.24, 2.45) is 4.99 Å². The van der Waals surface area contributed by atoms with Gasteiger partial charge in [-0.15, -0.1) is 0 Å². The number of halogens is 1. The van der Waals surface area contributed by atoms with E-state index in [1.165, 1.54) is 0 Å². The SMILES string of the molecule is CN=C(NCc1ccc(N2CCOCC2)c(F)c1)NCC(C)(C)N1CCOCC1. The minimum Gasteiger partial charge on any atom is -0.379 e. The molecular weight excluding hydrogens is 373 g/mol. The molecule has 0 spiro atoms. The molecule has 2 aliphatic rings. The van der Waals surface area contributed by atoms with Gasteiger partial charge in [0.05, 0.1) is 32.1 Å². The van der Waals surface area contributed by atoms with Crippen molar-refractivity contribution < 1.29 is 13.9 Å². The molecule has 1 aromatic carbocycles. The standard InChI is InChI=1S/C21H34FN5O2/c1-21(2,27-8-12-29-13-9-27)16-25-20(23-3)24-15-17-4-5-19(18(22)14-17)26-6-10-28-11-7-26/h4-5,14H,6-13,15-16H2,1-3H3,(H2,23,24,25). The molecule has 0 bridgehead atoms. The first kappa shape index (κ1) is 21.8. The molecule has 0 aliphatic carbocycles. The Labute approximate surface area is 173 Å². The number of hydrogen-bond donors (Lipinski definition) is 2. The van der Waals surface area contributed by atoms with Crippen LogP contribution in [0.1, 0.15) is 19.4 Å². The van der Waals surface area contributed by atoms with Crippen LogP contribution in [0.25, 0.3) is 0 Å². The van der Waals surface area contributed by atoms with Crippen molar-refractivity contribution >= 4 is 11.6 Å². The van der Waals surface area contributed by atoms with Crippen LogP contribution in [0.2, 0.25) is 0 Å². The van der Waals surface area contributed by atoms with Gasteiger partial charge in [0.2, 0.25) is 0 Å². The first-order chi connectivity index (χ1) is 14.0. The molecular formula is C21H34FN5O2. The van der Waals surface area contributed by atoms with Crippen LogP contribution in [0.4, 0.5) is 10.1 Å². The number of guanidine groups is 1. The summed E-state index contributed by atoms with van der Waals surface area (Å²) in [7, 11) is 1.75. The highest BCUT2D eigenvalue weighted by molar-refractivity contribution is 5.79. The van der Waals surface area contributed by atoms with E-state index in [-0.39, 0.29) is 11.4 Å². The second-order valence-electron chi connectivity index (χ2n) is 8.08. The van der Waals surface area contributed by atoms with Crippen LogP contribution in [-0.2, 0) is 16.0 Å². The smallest absolute Gasteiger partial charge is 0.191 e. The summed E-state index contributed by atoms with van der Waals surface area (Å²) < 4.78 is 25.4. The molecule has 1 aromatic rings. The number of rotatable bonds is 6. The van der Waals surface area contributed by atoms with Gasteiger partial charge in [-0.3, -0.25) is 9.89 Å². The van der Waals surface area contributed by atoms with Crippen LogP contribution in [0.15, 0.2) is 23.2 Å². The summed E-state index contributed by atoms with van der Waals surface area (Å²) in [6.45, 7) is 11.9. The van der Waals surface area contributed by atoms with Gasteiger partial charge in [-0.25, -0.2) is 4.39 Å². The van der Waals surface area contributed by atoms with E-state index in [0.29, 0.717) is 31.4 Å². The lowest BCUT2D eigenvalue weighted by molar-refractivity contribution is -0.00834. The van der Waals surface area contributed by atoms with Crippen LogP contribution in [0, 0.1) is 5.82 Å². The topological polar surface area (TPSA) is 61.4 Å². The Kier molecular flexibility index (Phi) is 7.69. The van der Waals surface area contributed by atoms with Gasteiger partial charge in [0.25, 0.3) is 0 Å². The number of hydrogen-bond acceptors (Lipinski definition) is 5. The second-order valence-corrected chi connectivity index (χ2v) is 8.08. The van der Waals surface area contributed by atoms with E-state index in [9.17, 15) is 4.39 Å². The molecule has 0 amide bonds. The molecule has 29 heavy (non-hydrogen) atoms. The van der Waals surface area contributed by atoms with E-state index < -0.39 is 0 Å². The zero-order valence-electron chi connectivity index (χ0n) is 17.8. The number of ether oxygens (including phenoxy) is 2. The Morgan fingerprint density at radius 1 is 1.07 bits per heavy atom.